The maximum Gasteiger partial charge on any atom is 0.306 e. The smallest absolute Gasteiger partial charge is 0.306 e. The maximum absolute atomic E-state index is 12.2. The van der Waals surface area contributed by atoms with Gasteiger partial charge in [0.25, 0.3) is 5.91 Å². The monoisotopic (exact) mass is 510 g/mol. The van der Waals surface area contributed by atoms with Gasteiger partial charge in [-0.1, -0.05) is 41.6 Å². The highest BCUT2D eigenvalue weighted by Crippen LogP contribution is 2.29. The third kappa shape index (κ3) is 8.77. The molecule has 0 aliphatic rings. The van der Waals surface area contributed by atoms with Gasteiger partial charge in [0.1, 0.15) is 0 Å². The Morgan fingerprint density at radius 1 is 0.800 bits per heavy atom. The number of aryl methyl sites for hydroxylation is 2. The molecule has 0 atom stereocenters. The number of esters is 1. The standard InChI is InChI=1S/C27H27ClN2O4S/c1-18-5-3-6-19(2)27(18)30-25(32)17-34-26(33)8-4-7-24(31)29-21-11-15-23(16-12-21)35-22-13-9-20(28)10-14-22/h3,5-6,9-16H,4,7-8,17H2,1-2H3,(H,29,31)(H,30,32). The van der Waals surface area contributed by atoms with Crippen molar-refractivity contribution in [2.45, 2.75) is 42.9 Å². The first kappa shape index (κ1) is 26.3. The molecule has 0 aromatic heterocycles. The second-order valence-corrected chi connectivity index (χ2v) is 9.54. The van der Waals surface area contributed by atoms with E-state index in [1.807, 2.05) is 80.6 Å². The van der Waals surface area contributed by atoms with E-state index in [-0.39, 0.29) is 25.4 Å². The van der Waals surface area contributed by atoms with E-state index in [0.717, 1.165) is 26.6 Å². The highest BCUT2D eigenvalue weighted by atomic mass is 35.5. The number of hydrogen-bond acceptors (Lipinski definition) is 5. The lowest BCUT2D eigenvalue weighted by Crippen LogP contribution is -2.22. The van der Waals surface area contributed by atoms with E-state index in [4.69, 9.17) is 16.3 Å². The van der Waals surface area contributed by atoms with Crippen LogP contribution in [0.15, 0.2) is 76.5 Å². The Bertz CT molecular complexity index is 1160. The van der Waals surface area contributed by atoms with Crippen LogP contribution in [0.4, 0.5) is 11.4 Å². The SMILES string of the molecule is Cc1cccc(C)c1NC(=O)COC(=O)CCCC(=O)Nc1ccc(Sc2ccc(Cl)cc2)cc1. The molecule has 0 saturated heterocycles. The quantitative estimate of drug-likeness (QED) is 0.308. The van der Waals surface area contributed by atoms with Gasteiger partial charge in [-0.05, 0) is 79.9 Å². The fraction of sp³-hybridized carbons (Fsp3) is 0.222. The van der Waals surface area contributed by atoms with Crippen molar-refractivity contribution in [1.29, 1.82) is 0 Å². The summed E-state index contributed by atoms with van der Waals surface area (Å²) in [7, 11) is 0. The fourth-order valence-corrected chi connectivity index (χ4v) is 4.21. The van der Waals surface area contributed by atoms with Gasteiger partial charge in [0.05, 0.1) is 0 Å². The van der Waals surface area contributed by atoms with Crippen molar-refractivity contribution in [2.75, 3.05) is 17.2 Å². The van der Waals surface area contributed by atoms with Gasteiger partial charge in [0.15, 0.2) is 6.61 Å². The highest BCUT2D eigenvalue weighted by Gasteiger charge is 2.11. The number of anilines is 2. The van der Waals surface area contributed by atoms with Crippen LogP contribution in [0.3, 0.4) is 0 Å². The van der Waals surface area contributed by atoms with Crippen molar-refractivity contribution < 1.29 is 19.1 Å². The summed E-state index contributed by atoms with van der Waals surface area (Å²) in [4.78, 5) is 38.3. The molecule has 0 bridgehead atoms. The zero-order valence-corrected chi connectivity index (χ0v) is 21.2. The molecule has 0 heterocycles. The van der Waals surface area contributed by atoms with Crippen LogP contribution in [0.25, 0.3) is 0 Å². The summed E-state index contributed by atoms with van der Waals surface area (Å²) >= 11 is 7.51. The van der Waals surface area contributed by atoms with Gasteiger partial charge in [-0.2, -0.15) is 0 Å². The van der Waals surface area contributed by atoms with E-state index in [0.29, 0.717) is 17.1 Å². The maximum atomic E-state index is 12.2. The number of ether oxygens (including phenoxy) is 1. The third-order valence-electron chi connectivity index (χ3n) is 5.08. The van der Waals surface area contributed by atoms with Gasteiger partial charge in [0, 0.05) is 39.0 Å². The minimum atomic E-state index is -0.516. The fourth-order valence-electron chi connectivity index (χ4n) is 3.27. The van der Waals surface area contributed by atoms with Gasteiger partial charge in [-0.15, -0.1) is 0 Å². The van der Waals surface area contributed by atoms with Crippen LogP contribution in [0.1, 0.15) is 30.4 Å². The van der Waals surface area contributed by atoms with Gasteiger partial charge >= 0.3 is 5.97 Å². The Morgan fingerprint density at radius 3 is 2.03 bits per heavy atom. The van der Waals surface area contributed by atoms with Crippen LogP contribution in [0.2, 0.25) is 5.02 Å². The second-order valence-electron chi connectivity index (χ2n) is 7.96. The molecule has 182 valence electrons. The van der Waals surface area contributed by atoms with Crippen LogP contribution in [0, 0.1) is 13.8 Å². The summed E-state index contributed by atoms with van der Waals surface area (Å²) in [6.45, 7) is 3.43. The normalized spacial score (nSPS) is 10.5. The molecule has 0 spiro atoms. The molecule has 3 rings (SSSR count). The Kier molecular flexibility index (Phi) is 9.76. The van der Waals surface area contributed by atoms with Crippen molar-refractivity contribution in [2.24, 2.45) is 0 Å². The molecular weight excluding hydrogens is 484 g/mol. The van der Waals surface area contributed by atoms with E-state index in [1.165, 1.54) is 0 Å². The molecule has 6 nitrogen and oxygen atoms in total. The lowest BCUT2D eigenvalue weighted by atomic mass is 10.1. The van der Waals surface area contributed by atoms with Crippen LogP contribution < -0.4 is 10.6 Å². The van der Waals surface area contributed by atoms with Crippen LogP contribution in [-0.4, -0.2) is 24.4 Å². The predicted molar refractivity (Wildman–Crippen MR) is 140 cm³/mol. The molecular formula is C27H27ClN2O4S. The molecule has 0 unspecified atom stereocenters. The molecule has 2 amide bonds. The Balaban J connectivity index is 1.34. The average molecular weight is 511 g/mol. The van der Waals surface area contributed by atoms with Crippen molar-refractivity contribution >= 4 is 52.5 Å². The van der Waals surface area contributed by atoms with E-state index >= 15 is 0 Å². The van der Waals surface area contributed by atoms with Gasteiger partial charge in [-0.25, -0.2) is 0 Å². The van der Waals surface area contributed by atoms with E-state index in [9.17, 15) is 14.4 Å². The van der Waals surface area contributed by atoms with Crippen LogP contribution in [0.5, 0.6) is 0 Å². The summed E-state index contributed by atoms with van der Waals surface area (Å²) in [6, 6.07) is 20.8. The number of halogens is 1. The summed E-state index contributed by atoms with van der Waals surface area (Å²) in [5.41, 5.74) is 3.28. The number of hydrogen-bond donors (Lipinski definition) is 2. The molecule has 0 aliphatic carbocycles. The van der Waals surface area contributed by atoms with Crippen molar-refractivity contribution in [3.8, 4) is 0 Å². The molecule has 8 heteroatoms. The average Bonchev–Trinajstić information content (AvgIpc) is 2.83. The van der Waals surface area contributed by atoms with Crippen LogP contribution >= 0.6 is 23.4 Å². The zero-order valence-electron chi connectivity index (χ0n) is 19.6. The number of rotatable bonds is 10. The second kappa shape index (κ2) is 13.0. The Morgan fingerprint density at radius 2 is 1.40 bits per heavy atom. The lowest BCUT2D eigenvalue weighted by molar-refractivity contribution is -0.147. The highest BCUT2D eigenvalue weighted by molar-refractivity contribution is 7.99. The lowest BCUT2D eigenvalue weighted by Gasteiger charge is -2.11. The predicted octanol–water partition coefficient (Wildman–Crippen LogP) is 6.40. The number of carbonyl (C=O) groups excluding carboxylic acids is 3. The van der Waals surface area contributed by atoms with Gasteiger partial charge in [-0.3, -0.25) is 14.4 Å². The zero-order chi connectivity index (χ0) is 25.2. The van der Waals surface area contributed by atoms with E-state index in [1.54, 1.807) is 11.8 Å². The minimum Gasteiger partial charge on any atom is -0.456 e. The van der Waals surface area contributed by atoms with Crippen LogP contribution in [-0.2, 0) is 19.1 Å². The largest absolute Gasteiger partial charge is 0.456 e. The summed E-state index contributed by atoms with van der Waals surface area (Å²) in [5.74, 6) is -1.10. The third-order valence-corrected chi connectivity index (χ3v) is 6.35. The number of benzene rings is 3. The van der Waals surface area contributed by atoms with Gasteiger partial charge in [0.2, 0.25) is 5.91 Å². The number of nitrogens with one attached hydrogen (secondary N) is 2. The molecule has 3 aromatic rings. The topological polar surface area (TPSA) is 84.5 Å². The molecule has 0 fully saturated rings. The summed E-state index contributed by atoms with van der Waals surface area (Å²) < 4.78 is 5.03. The molecule has 0 aliphatic heterocycles. The Hall–Kier alpha value is -3.29. The molecule has 35 heavy (non-hydrogen) atoms. The number of carbonyl (C=O) groups is 3. The van der Waals surface area contributed by atoms with Crippen molar-refractivity contribution in [3.63, 3.8) is 0 Å². The molecule has 0 radical (unpaired) electrons. The number of para-hydroxylation sites is 1. The molecule has 2 N–H and O–H groups in total. The first-order chi connectivity index (χ1) is 16.8. The van der Waals surface area contributed by atoms with Crippen molar-refractivity contribution in [1.82, 2.24) is 0 Å². The van der Waals surface area contributed by atoms with Gasteiger partial charge < -0.3 is 15.4 Å². The van der Waals surface area contributed by atoms with E-state index in [2.05, 4.69) is 10.6 Å². The summed E-state index contributed by atoms with van der Waals surface area (Å²) in [5, 5.41) is 6.28. The van der Waals surface area contributed by atoms with E-state index < -0.39 is 11.9 Å². The number of amides is 2. The first-order valence-electron chi connectivity index (χ1n) is 11.1. The van der Waals surface area contributed by atoms with Crippen molar-refractivity contribution in [3.05, 3.63) is 82.9 Å². The first-order valence-corrected chi connectivity index (χ1v) is 12.3. The Labute approximate surface area is 214 Å². The molecule has 0 saturated carbocycles. The molecule has 3 aromatic carbocycles. The summed E-state index contributed by atoms with van der Waals surface area (Å²) in [6.07, 6.45) is 0.555. The minimum absolute atomic E-state index is 0.0563.